The van der Waals surface area contributed by atoms with Crippen molar-refractivity contribution in [3.63, 3.8) is 0 Å². The number of nitrogens with one attached hydrogen (secondary N) is 1. The van der Waals surface area contributed by atoms with Crippen molar-refractivity contribution >= 4 is 39.7 Å². The van der Waals surface area contributed by atoms with Gasteiger partial charge in [-0.05, 0) is 79.7 Å². The first-order chi connectivity index (χ1) is 10.8. The molecule has 23 heavy (non-hydrogen) atoms. The molecule has 0 radical (unpaired) electrons. The molecule has 122 valence electrons. The Bertz CT molecular complexity index is 746. The number of amides is 1. The van der Waals surface area contributed by atoms with Crippen molar-refractivity contribution in [1.29, 1.82) is 0 Å². The fraction of sp³-hybridized carbons (Fsp3) is 0.500. The number of hydrogen-bond donors (Lipinski definition) is 1. The third-order valence-corrected chi connectivity index (χ3v) is 6.88. The standard InChI is InChI=1S/C18H20N2OS.ClH/c21-17(14-1-2-15-13(11-14)5-10-22-15)19-16-12-3-8-20(9-4-12)18(16)6-7-18;/h1-2,5,10-12,16H,3-4,6-9H2,(H,19,21);1H/t16-;/m1./s1. The molecule has 1 aromatic carbocycles. The molecule has 4 aliphatic rings. The van der Waals surface area contributed by atoms with Crippen LogP contribution < -0.4 is 5.32 Å². The molecule has 1 aliphatic carbocycles. The highest BCUT2D eigenvalue weighted by Gasteiger charge is 2.60. The van der Waals surface area contributed by atoms with E-state index in [1.165, 1.54) is 48.9 Å². The Morgan fingerprint density at radius 1 is 1.22 bits per heavy atom. The van der Waals surface area contributed by atoms with Crippen LogP contribution in [0.1, 0.15) is 36.0 Å². The van der Waals surface area contributed by atoms with Crippen LogP contribution in [-0.4, -0.2) is 35.5 Å². The van der Waals surface area contributed by atoms with Gasteiger partial charge in [0.2, 0.25) is 0 Å². The van der Waals surface area contributed by atoms with Crippen molar-refractivity contribution in [3.8, 4) is 0 Å². The Morgan fingerprint density at radius 2 is 2.00 bits per heavy atom. The first-order valence-electron chi connectivity index (χ1n) is 8.29. The van der Waals surface area contributed by atoms with Gasteiger partial charge in [-0.15, -0.1) is 23.7 Å². The number of halogens is 1. The molecule has 3 aliphatic heterocycles. The zero-order valence-corrected chi connectivity index (χ0v) is 14.6. The second-order valence-electron chi connectivity index (χ2n) is 7.05. The lowest BCUT2D eigenvalue weighted by atomic mass is 9.77. The van der Waals surface area contributed by atoms with Crippen LogP contribution in [0.5, 0.6) is 0 Å². The van der Waals surface area contributed by atoms with E-state index in [-0.39, 0.29) is 18.3 Å². The van der Waals surface area contributed by atoms with Gasteiger partial charge in [0, 0.05) is 15.8 Å². The largest absolute Gasteiger partial charge is 0.347 e. The molecule has 1 aromatic heterocycles. The smallest absolute Gasteiger partial charge is 0.251 e. The highest BCUT2D eigenvalue weighted by Crippen LogP contribution is 2.53. The molecular formula is C18H21ClN2OS. The average molecular weight is 349 g/mol. The zero-order chi connectivity index (χ0) is 14.7. The number of piperidine rings is 3. The molecule has 1 atom stereocenters. The van der Waals surface area contributed by atoms with Crippen LogP contribution in [0, 0.1) is 5.92 Å². The van der Waals surface area contributed by atoms with Crippen LogP contribution >= 0.6 is 23.7 Å². The number of benzene rings is 1. The van der Waals surface area contributed by atoms with Crippen LogP contribution in [0.4, 0.5) is 0 Å². The van der Waals surface area contributed by atoms with E-state index in [9.17, 15) is 4.79 Å². The molecule has 3 nitrogen and oxygen atoms in total. The van der Waals surface area contributed by atoms with Gasteiger partial charge in [0.25, 0.3) is 5.91 Å². The molecule has 1 saturated carbocycles. The van der Waals surface area contributed by atoms with Crippen molar-refractivity contribution < 1.29 is 4.79 Å². The third kappa shape index (κ3) is 2.31. The first kappa shape index (κ1) is 15.4. The molecular weight excluding hydrogens is 328 g/mol. The van der Waals surface area contributed by atoms with E-state index in [2.05, 4.69) is 27.7 Å². The summed E-state index contributed by atoms with van der Waals surface area (Å²) in [6.45, 7) is 2.47. The number of carbonyl (C=O) groups excluding carboxylic acids is 1. The quantitative estimate of drug-likeness (QED) is 0.897. The molecule has 1 amide bonds. The minimum atomic E-state index is 0. The molecule has 1 spiro atoms. The van der Waals surface area contributed by atoms with Crippen molar-refractivity contribution in [3.05, 3.63) is 35.2 Å². The van der Waals surface area contributed by atoms with Gasteiger partial charge in [-0.1, -0.05) is 0 Å². The zero-order valence-electron chi connectivity index (χ0n) is 13.0. The van der Waals surface area contributed by atoms with Crippen LogP contribution in [0.25, 0.3) is 10.1 Å². The van der Waals surface area contributed by atoms with Crippen LogP contribution in [0.3, 0.4) is 0 Å². The summed E-state index contributed by atoms with van der Waals surface area (Å²) < 4.78 is 1.25. The summed E-state index contributed by atoms with van der Waals surface area (Å²) in [5.74, 6) is 0.791. The highest BCUT2D eigenvalue weighted by molar-refractivity contribution is 7.17. The van der Waals surface area contributed by atoms with Crippen LogP contribution in [0.2, 0.25) is 0 Å². The number of carbonyl (C=O) groups is 1. The minimum absolute atomic E-state index is 0. The number of thiophene rings is 1. The number of nitrogens with zero attached hydrogens (tertiary/aromatic N) is 1. The molecule has 3 saturated heterocycles. The maximum atomic E-state index is 12.7. The van der Waals surface area contributed by atoms with Gasteiger partial charge in [0.05, 0.1) is 6.04 Å². The fourth-order valence-electron chi connectivity index (χ4n) is 4.65. The third-order valence-electron chi connectivity index (χ3n) is 5.98. The average Bonchev–Trinajstić information content (AvgIpc) is 3.18. The van der Waals surface area contributed by atoms with Gasteiger partial charge in [-0.2, -0.15) is 0 Å². The van der Waals surface area contributed by atoms with Gasteiger partial charge < -0.3 is 5.32 Å². The van der Waals surface area contributed by atoms with Crippen molar-refractivity contribution in [1.82, 2.24) is 10.2 Å². The van der Waals surface area contributed by atoms with E-state index in [1.54, 1.807) is 11.3 Å². The van der Waals surface area contributed by atoms with Crippen molar-refractivity contribution in [2.45, 2.75) is 37.3 Å². The molecule has 2 aromatic rings. The van der Waals surface area contributed by atoms with E-state index in [0.717, 1.165) is 5.56 Å². The lowest BCUT2D eigenvalue weighted by Crippen LogP contribution is -2.65. The van der Waals surface area contributed by atoms with E-state index >= 15 is 0 Å². The molecule has 1 N–H and O–H groups in total. The van der Waals surface area contributed by atoms with Gasteiger partial charge in [0.1, 0.15) is 0 Å². The number of fused-ring (bicyclic) bond motifs is 3. The summed E-state index contributed by atoms with van der Waals surface area (Å²) in [7, 11) is 0. The number of hydrogen-bond acceptors (Lipinski definition) is 3. The predicted octanol–water partition coefficient (Wildman–Crippen LogP) is 3.68. The Labute approximate surface area is 146 Å². The maximum absolute atomic E-state index is 12.7. The minimum Gasteiger partial charge on any atom is -0.347 e. The Morgan fingerprint density at radius 3 is 2.74 bits per heavy atom. The van der Waals surface area contributed by atoms with E-state index in [1.807, 2.05) is 12.1 Å². The normalized spacial score (nSPS) is 30.2. The molecule has 4 heterocycles. The molecule has 5 heteroatoms. The van der Waals surface area contributed by atoms with Gasteiger partial charge in [-0.25, -0.2) is 0 Å². The lowest BCUT2D eigenvalue weighted by Gasteiger charge is -2.52. The van der Waals surface area contributed by atoms with Crippen LogP contribution in [-0.2, 0) is 0 Å². The molecule has 2 bridgehead atoms. The fourth-order valence-corrected chi connectivity index (χ4v) is 5.42. The maximum Gasteiger partial charge on any atom is 0.251 e. The Kier molecular flexibility index (Phi) is 3.67. The lowest BCUT2D eigenvalue weighted by molar-refractivity contribution is -0.00144. The van der Waals surface area contributed by atoms with E-state index < -0.39 is 0 Å². The summed E-state index contributed by atoms with van der Waals surface area (Å²) in [6, 6.07) is 8.52. The second kappa shape index (κ2) is 5.47. The summed E-state index contributed by atoms with van der Waals surface area (Å²) in [4.78, 5) is 15.4. The molecule has 0 unspecified atom stereocenters. The summed E-state index contributed by atoms with van der Waals surface area (Å²) >= 11 is 1.72. The van der Waals surface area contributed by atoms with E-state index in [0.29, 0.717) is 17.5 Å². The summed E-state index contributed by atoms with van der Waals surface area (Å²) in [5.41, 5.74) is 1.11. The topological polar surface area (TPSA) is 32.3 Å². The first-order valence-corrected chi connectivity index (χ1v) is 9.17. The van der Waals surface area contributed by atoms with Crippen molar-refractivity contribution in [2.24, 2.45) is 5.92 Å². The SMILES string of the molecule is Cl.O=C(N[C@@H]1C2CCN(CC2)C12CC2)c1ccc2sccc2c1. The number of rotatable bonds is 2. The molecule has 4 fully saturated rings. The highest BCUT2D eigenvalue weighted by atomic mass is 35.5. The van der Waals surface area contributed by atoms with Gasteiger partial charge in [-0.3, -0.25) is 9.69 Å². The van der Waals surface area contributed by atoms with Crippen LogP contribution in [0.15, 0.2) is 29.6 Å². The summed E-state index contributed by atoms with van der Waals surface area (Å²) in [6.07, 6.45) is 5.02. The van der Waals surface area contributed by atoms with Gasteiger partial charge >= 0.3 is 0 Å². The van der Waals surface area contributed by atoms with Crippen molar-refractivity contribution in [2.75, 3.05) is 13.1 Å². The monoisotopic (exact) mass is 348 g/mol. The molecule has 6 rings (SSSR count). The predicted molar refractivity (Wildman–Crippen MR) is 96.6 cm³/mol. The second-order valence-corrected chi connectivity index (χ2v) is 8.00. The van der Waals surface area contributed by atoms with E-state index in [4.69, 9.17) is 0 Å². The van der Waals surface area contributed by atoms with Gasteiger partial charge in [0.15, 0.2) is 0 Å². The Balaban J connectivity index is 0.00000135. The summed E-state index contributed by atoms with van der Waals surface area (Å²) in [5, 5.41) is 6.66. The Hall–Kier alpha value is -1.10.